The highest BCUT2D eigenvalue weighted by molar-refractivity contribution is 5.87. The smallest absolute Gasteiger partial charge is 0.463 e. The van der Waals surface area contributed by atoms with Crippen molar-refractivity contribution in [1.29, 1.82) is 0 Å². The molecule has 0 saturated heterocycles. The lowest BCUT2D eigenvalue weighted by Crippen LogP contribution is -2.16. The molecule has 0 N–H and O–H groups in total. The second kappa shape index (κ2) is 6.09. The minimum Gasteiger partial charge on any atom is -0.463 e. The Hall–Kier alpha value is -1.98. The van der Waals surface area contributed by atoms with Crippen LogP contribution in [0, 0.1) is 0 Å². The van der Waals surface area contributed by atoms with Crippen LogP contribution in [0.5, 0.6) is 5.75 Å². The molecule has 3 nitrogen and oxygen atoms in total. The Balaban J connectivity index is 2.63. The lowest BCUT2D eigenvalue weighted by molar-refractivity contribution is -0.274. The molecule has 0 amide bonds. The van der Waals surface area contributed by atoms with Gasteiger partial charge in [0.1, 0.15) is 5.75 Å². The second-order valence-corrected chi connectivity index (χ2v) is 3.20. The number of carbonyl (C=O) groups excluding carboxylic acids is 1. The minimum atomic E-state index is -4.71. The molecule has 98 valence electrons. The van der Waals surface area contributed by atoms with Gasteiger partial charge < -0.3 is 9.47 Å². The van der Waals surface area contributed by atoms with Gasteiger partial charge in [-0.3, -0.25) is 0 Å². The third kappa shape index (κ3) is 5.38. The van der Waals surface area contributed by atoms with Gasteiger partial charge in [0.25, 0.3) is 0 Å². The summed E-state index contributed by atoms with van der Waals surface area (Å²) in [6, 6.07) is 5.13. The Morgan fingerprint density at radius 1 is 1.28 bits per heavy atom. The first-order chi connectivity index (χ1) is 8.40. The van der Waals surface area contributed by atoms with Crippen molar-refractivity contribution in [2.24, 2.45) is 0 Å². The maximum Gasteiger partial charge on any atom is 0.573 e. The third-order valence-corrected chi connectivity index (χ3v) is 1.81. The average Bonchev–Trinajstić information content (AvgIpc) is 2.26. The van der Waals surface area contributed by atoms with Gasteiger partial charge in [-0.1, -0.05) is 12.1 Å². The fourth-order valence-electron chi connectivity index (χ4n) is 1.14. The van der Waals surface area contributed by atoms with Crippen LogP contribution in [0.3, 0.4) is 0 Å². The van der Waals surface area contributed by atoms with Gasteiger partial charge in [-0.05, 0) is 30.7 Å². The standard InChI is InChI=1S/C12H11F3O3/c1-2-17-11(16)8-5-9-3-6-10(7-4-9)18-12(13,14)15/h3-8H,2H2,1H3/b8-5+. The van der Waals surface area contributed by atoms with Gasteiger partial charge in [0, 0.05) is 6.08 Å². The molecule has 0 unspecified atom stereocenters. The number of esters is 1. The van der Waals surface area contributed by atoms with Crippen LogP contribution in [0.15, 0.2) is 30.3 Å². The summed E-state index contributed by atoms with van der Waals surface area (Å²) >= 11 is 0. The predicted molar refractivity (Wildman–Crippen MR) is 58.8 cm³/mol. The zero-order valence-corrected chi connectivity index (χ0v) is 9.53. The lowest BCUT2D eigenvalue weighted by atomic mass is 10.2. The molecular formula is C12H11F3O3. The maximum atomic E-state index is 11.9. The number of carbonyl (C=O) groups is 1. The Morgan fingerprint density at radius 2 is 1.89 bits per heavy atom. The summed E-state index contributed by atoms with van der Waals surface area (Å²) in [7, 11) is 0. The number of rotatable bonds is 4. The van der Waals surface area contributed by atoms with E-state index in [2.05, 4.69) is 9.47 Å². The van der Waals surface area contributed by atoms with Crippen molar-refractivity contribution < 1.29 is 27.4 Å². The first-order valence-corrected chi connectivity index (χ1v) is 5.11. The van der Waals surface area contributed by atoms with Crippen molar-refractivity contribution in [2.45, 2.75) is 13.3 Å². The van der Waals surface area contributed by atoms with E-state index in [0.717, 1.165) is 12.1 Å². The molecule has 0 atom stereocenters. The molecule has 0 aliphatic heterocycles. The van der Waals surface area contributed by atoms with E-state index < -0.39 is 12.3 Å². The van der Waals surface area contributed by atoms with Crippen LogP contribution in [-0.2, 0) is 9.53 Å². The summed E-state index contributed by atoms with van der Waals surface area (Å²) in [6.07, 6.45) is -2.07. The number of halogens is 3. The summed E-state index contributed by atoms with van der Waals surface area (Å²) in [5, 5.41) is 0. The molecule has 0 bridgehead atoms. The number of benzene rings is 1. The van der Waals surface area contributed by atoms with Crippen molar-refractivity contribution in [3.8, 4) is 5.75 Å². The Morgan fingerprint density at radius 3 is 2.39 bits per heavy atom. The largest absolute Gasteiger partial charge is 0.573 e. The molecule has 0 radical (unpaired) electrons. The fourth-order valence-corrected chi connectivity index (χ4v) is 1.14. The van der Waals surface area contributed by atoms with E-state index >= 15 is 0 Å². The summed E-state index contributed by atoms with van der Waals surface area (Å²) in [4.78, 5) is 11.0. The molecule has 0 spiro atoms. The van der Waals surface area contributed by atoms with Gasteiger partial charge in [-0.2, -0.15) is 0 Å². The normalized spacial score (nSPS) is 11.6. The third-order valence-electron chi connectivity index (χ3n) is 1.81. The predicted octanol–water partition coefficient (Wildman–Crippen LogP) is 3.16. The number of ether oxygens (including phenoxy) is 2. The molecule has 0 heterocycles. The first kappa shape index (κ1) is 14.1. The highest BCUT2D eigenvalue weighted by atomic mass is 19.4. The van der Waals surface area contributed by atoms with E-state index in [-0.39, 0.29) is 12.4 Å². The van der Waals surface area contributed by atoms with Crippen LogP contribution in [0.4, 0.5) is 13.2 Å². The monoisotopic (exact) mass is 260 g/mol. The first-order valence-electron chi connectivity index (χ1n) is 5.11. The van der Waals surface area contributed by atoms with Gasteiger partial charge in [0.2, 0.25) is 0 Å². The van der Waals surface area contributed by atoms with Gasteiger partial charge in [-0.15, -0.1) is 13.2 Å². The Bertz CT molecular complexity index is 421. The molecule has 0 aliphatic rings. The maximum absolute atomic E-state index is 11.9. The summed E-state index contributed by atoms with van der Waals surface area (Å²) in [5.74, 6) is -0.816. The van der Waals surface area contributed by atoms with Crippen molar-refractivity contribution in [1.82, 2.24) is 0 Å². The fraction of sp³-hybridized carbons (Fsp3) is 0.250. The van der Waals surface area contributed by atoms with Crippen molar-refractivity contribution in [2.75, 3.05) is 6.61 Å². The zero-order chi connectivity index (χ0) is 13.6. The molecule has 0 fully saturated rings. The molecular weight excluding hydrogens is 249 g/mol. The second-order valence-electron chi connectivity index (χ2n) is 3.20. The van der Waals surface area contributed by atoms with E-state index in [1.165, 1.54) is 24.3 Å². The van der Waals surface area contributed by atoms with Crippen LogP contribution < -0.4 is 4.74 Å². The summed E-state index contributed by atoms with van der Waals surface area (Å²) in [5.41, 5.74) is 0.567. The topological polar surface area (TPSA) is 35.5 Å². The number of alkyl halides is 3. The van der Waals surface area contributed by atoms with E-state index in [4.69, 9.17) is 0 Å². The molecule has 18 heavy (non-hydrogen) atoms. The summed E-state index contributed by atoms with van der Waals surface area (Å²) in [6.45, 7) is 1.94. The van der Waals surface area contributed by atoms with E-state index in [1.54, 1.807) is 6.92 Å². The van der Waals surface area contributed by atoms with Crippen LogP contribution in [0.2, 0.25) is 0 Å². The SMILES string of the molecule is CCOC(=O)/C=C/c1ccc(OC(F)(F)F)cc1. The van der Waals surface area contributed by atoms with E-state index in [0.29, 0.717) is 5.56 Å². The van der Waals surface area contributed by atoms with Gasteiger partial charge in [0.15, 0.2) is 0 Å². The van der Waals surface area contributed by atoms with Gasteiger partial charge >= 0.3 is 12.3 Å². The van der Waals surface area contributed by atoms with Crippen molar-refractivity contribution >= 4 is 12.0 Å². The van der Waals surface area contributed by atoms with E-state index in [1.807, 2.05) is 0 Å². The zero-order valence-electron chi connectivity index (χ0n) is 9.53. The van der Waals surface area contributed by atoms with Crippen LogP contribution in [0.25, 0.3) is 6.08 Å². The molecule has 0 saturated carbocycles. The van der Waals surface area contributed by atoms with E-state index in [9.17, 15) is 18.0 Å². The molecule has 1 aromatic carbocycles. The van der Waals surface area contributed by atoms with Crippen LogP contribution in [-0.4, -0.2) is 18.9 Å². The Kier molecular flexibility index (Phi) is 4.76. The average molecular weight is 260 g/mol. The van der Waals surface area contributed by atoms with Crippen LogP contribution in [0.1, 0.15) is 12.5 Å². The van der Waals surface area contributed by atoms with Crippen molar-refractivity contribution in [3.05, 3.63) is 35.9 Å². The highest BCUT2D eigenvalue weighted by Crippen LogP contribution is 2.22. The summed E-state index contributed by atoms with van der Waals surface area (Å²) < 4.78 is 44.0. The molecule has 1 rings (SSSR count). The lowest BCUT2D eigenvalue weighted by Gasteiger charge is -2.08. The number of hydrogen-bond donors (Lipinski definition) is 0. The Labute approximate surface area is 102 Å². The van der Waals surface area contributed by atoms with Crippen LogP contribution >= 0.6 is 0 Å². The molecule has 6 heteroatoms. The molecule has 0 aliphatic carbocycles. The minimum absolute atomic E-state index is 0.265. The molecule has 0 aromatic heterocycles. The quantitative estimate of drug-likeness (QED) is 0.616. The van der Waals surface area contributed by atoms with Gasteiger partial charge in [-0.25, -0.2) is 4.79 Å². The van der Waals surface area contributed by atoms with Gasteiger partial charge in [0.05, 0.1) is 6.61 Å². The van der Waals surface area contributed by atoms with Crippen molar-refractivity contribution in [3.63, 3.8) is 0 Å². The molecule has 1 aromatic rings. The highest BCUT2D eigenvalue weighted by Gasteiger charge is 2.30. The number of hydrogen-bond acceptors (Lipinski definition) is 3.